The van der Waals surface area contributed by atoms with Gasteiger partial charge in [-0.25, -0.2) is 8.78 Å². The van der Waals surface area contributed by atoms with Gasteiger partial charge in [0.25, 0.3) is 11.8 Å². The number of carbonyl (C=O) groups excluding carboxylic acids is 3. The van der Waals surface area contributed by atoms with Crippen molar-refractivity contribution < 1.29 is 42.9 Å². The van der Waals surface area contributed by atoms with E-state index in [4.69, 9.17) is 27.9 Å². The maximum atomic E-state index is 14.4. The highest BCUT2D eigenvalue weighted by molar-refractivity contribution is 6.31. The SMILES string of the molecule is Cc1c(CC(=O)O)c2cc(OC(=O)C(c3c(C)n(C(=O)c4ccc(Cl)c(F)c4)c4ccc(O)cc34)C(C)(C)C)ccc2n1C(=O)c1ccc(Cl)c(F)c1. The summed E-state index contributed by atoms with van der Waals surface area (Å²) in [6.07, 6.45) is -0.465. The van der Waals surface area contributed by atoms with Gasteiger partial charge in [-0.05, 0) is 103 Å². The number of carbonyl (C=O) groups is 4. The van der Waals surface area contributed by atoms with Crippen molar-refractivity contribution in [2.24, 2.45) is 5.41 Å². The van der Waals surface area contributed by atoms with Gasteiger partial charge in [-0.1, -0.05) is 44.0 Å². The topological polar surface area (TPSA) is 128 Å². The standard InChI is InChI=1S/C40H32Cl2F2N2O7/c1-19-25(18-34(48)49)26-17-24(9-13-32(26)45(19)37(50)21-6-10-28(41)30(43)14-21)53-39(52)36(40(3,4)5)35-20(2)46(33-12-8-23(47)16-27(33)35)38(51)22-7-11-29(42)31(44)15-22/h6-17,36,47H,18H2,1-5H3,(H,48,49). The number of aromatic hydroxyl groups is 1. The van der Waals surface area contributed by atoms with E-state index in [0.29, 0.717) is 38.8 Å². The maximum absolute atomic E-state index is 14.4. The molecule has 6 aromatic rings. The van der Waals surface area contributed by atoms with E-state index in [1.54, 1.807) is 13.8 Å². The Morgan fingerprint density at radius 2 is 1.28 bits per heavy atom. The lowest BCUT2D eigenvalue weighted by atomic mass is 9.75. The molecule has 0 aliphatic carbocycles. The fraction of sp³-hybridized carbons (Fsp3) is 0.200. The van der Waals surface area contributed by atoms with Crippen LogP contribution in [0, 0.1) is 30.9 Å². The van der Waals surface area contributed by atoms with Crippen molar-refractivity contribution in [3.63, 3.8) is 0 Å². The minimum Gasteiger partial charge on any atom is -0.508 e. The summed E-state index contributed by atoms with van der Waals surface area (Å²) in [5.74, 6) is -5.79. The van der Waals surface area contributed by atoms with Crippen LogP contribution < -0.4 is 4.74 Å². The van der Waals surface area contributed by atoms with Crippen LogP contribution in [0.1, 0.15) is 69.9 Å². The molecule has 0 radical (unpaired) electrons. The van der Waals surface area contributed by atoms with E-state index in [-0.39, 0.29) is 38.2 Å². The number of nitrogens with zero attached hydrogens (tertiary/aromatic N) is 2. The summed E-state index contributed by atoms with van der Waals surface area (Å²) >= 11 is 11.7. The largest absolute Gasteiger partial charge is 0.508 e. The van der Waals surface area contributed by atoms with E-state index in [9.17, 15) is 38.2 Å². The molecule has 9 nitrogen and oxygen atoms in total. The molecule has 53 heavy (non-hydrogen) atoms. The summed E-state index contributed by atoms with van der Waals surface area (Å²) in [6, 6.07) is 16.1. The summed E-state index contributed by atoms with van der Waals surface area (Å²) in [5, 5.41) is 20.7. The second-order valence-electron chi connectivity index (χ2n) is 13.8. The quantitative estimate of drug-likeness (QED) is 0.123. The highest BCUT2D eigenvalue weighted by atomic mass is 35.5. The van der Waals surface area contributed by atoms with Gasteiger partial charge in [-0.15, -0.1) is 0 Å². The fourth-order valence-electron chi connectivity index (χ4n) is 6.81. The van der Waals surface area contributed by atoms with Crippen molar-refractivity contribution in [2.75, 3.05) is 0 Å². The summed E-state index contributed by atoms with van der Waals surface area (Å²) in [6.45, 7) is 8.63. The van der Waals surface area contributed by atoms with Crippen molar-refractivity contribution in [1.29, 1.82) is 0 Å². The zero-order chi connectivity index (χ0) is 38.7. The molecule has 0 spiro atoms. The summed E-state index contributed by atoms with van der Waals surface area (Å²) in [4.78, 5) is 53.8. The van der Waals surface area contributed by atoms with Gasteiger partial charge in [-0.3, -0.25) is 28.3 Å². The number of aliphatic carboxylic acids is 1. The number of carboxylic acid groups (broad SMARTS) is 1. The van der Waals surface area contributed by atoms with E-state index in [1.807, 2.05) is 20.8 Å². The molecular weight excluding hydrogens is 729 g/mol. The number of phenolic OH excluding ortho intramolecular Hbond substituents is 1. The van der Waals surface area contributed by atoms with E-state index in [2.05, 4.69) is 0 Å². The lowest BCUT2D eigenvalue weighted by Crippen LogP contribution is -2.30. The molecule has 13 heteroatoms. The Labute approximate surface area is 311 Å². The Kier molecular flexibility index (Phi) is 9.69. The molecule has 0 fully saturated rings. The third-order valence-electron chi connectivity index (χ3n) is 9.22. The van der Waals surface area contributed by atoms with E-state index < -0.39 is 53.1 Å². The summed E-state index contributed by atoms with van der Waals surface area (Å²) < 4.78 is 37.3. The number of fused-ring (bicyclic) bond motifs is 2. The highest BCUT2D eigenvalue weighted by Crippen LogP contribution is 2.44. The smallest absolute Gasteiger partial charge is 0.319 e. The van der Waals surface area contributed by atoms with Gasteiger partial charge in [0.15, 0.2) is 0 Å². The first kappa shape index (κ1) is 37.2. The third-order valence-corrected chi connectivity index (χ3v) is 9.83. The van der Waals surface area contributed by atoms with Crippen LogP contribution in [0.2, 0.25) is 10.0 Å². The number of halogens is 4. The number of carboxylic acids is 1. The number of ether oxygens (including phenoxy) is 1. The van der Waals surface area contributed by atoms with Gasteiger partial charge in [0.2, 0.25) is 0 Å². The molecule has 272 valence electrons. The zero-order valence-corrected chi connectivity index (χ0v) is 30.6. The Bertz CT molecular complexity index is 2530. The Morgan fingerprint density at radius 3 is 1.81 bits per heavy atom. The second-order valence-corrected chi connectivity index (χ2v) is 14.6. The summed E-state index contributed by atoms with van der Waals surface area (Å²) in [7, 11) is 0. The molecule has 0 saturated heterocycles. The molecule has 2 N–H and O–H groups in total. The van der Waals surface area contributed by atoms with Crippen molar-refractivity contribution in [1.82, 2.24) is 9.13 Å². The van der Waals surface area contributed by atoms with Crippen molar-refractivity contribution >= 4 is 68.8 Å². The zero-order valence-electron chi connectivity index (χ0n) is 29.1. The maximum Gasteiger partial charge on any atom is 0.319 e. The van der Waals surface area contributed by atoms with Crippen LogP contribution in [0.15, 0.2) is 72.8 Å². The van der Waals surface area contributed by atoms with E-state index in [1.165, 1.54) is 69.8 Å². The van der Waals surface area contributed by atoms with Gasteiger partial charge in [-0.2, -0.15) is 0 Å². The molecule has 0 aliphatic heterocycles. The number of aromatic nitrogens is 2. The number of esters is 1. The molecule has 4 aromatic carbocycles. The molecule has 1 unspecified atom stereocenters. The molecule has 0 amide bonds. The van der Waals surface area contributed by atoms with E-state index >= 15 is 0 Å². The van der Waals surface area contributed by atoms with Gasteiger partial charge in [0.1, 0.15) is 23.1 Å². The van der Waals surface area contributed by atoms with Gasteiger partial charge in [0, 0.05) is 33.3 Å². The first-order valence-corrected chi connectivity index (χ1v) is 17.1. The predicted molar refractivity (Wildman–Crippen MR) is 196 cm³/mol. The van der Waals surface area contributed by atoms with Crippen LogP contribution in [-0.2, 0) is 16.0 Å². The molecule has 2 heterocycles. The lowest BCUT2D eigenvalue weighted by Gasteiger charge is -2.29. The summed E-state index contributed by atoms with van der Waals surface area (Å²) in [5.41, 5.74) is 1.15. The first-order chi connectivity index (χ1) is 24.9. The third kappa shape index (κ3) is 6.78. The molecule has 2 aromatic heterocycles. The minimum absolute atomic E-state index is 0.00814. The monoisotopic (exact) mass is 760 g/mol. The lowest BCUT2D eigenvalue weighted by molar-refractivity contribution is -0.139. The second kappa shape index (κ2) is 13.8. The van der Waals surface area contributed by atoms with Crippen molar-refractivity contribution in [3.05, 3.63) is 128 Å². The molecule has 0 bridgehead atoms. The average Bonchev–Trinajstić information content (AvgIpc) is 3.50. The van der Waals surface area contributed by atoms with Crippen LogP contribution >= 0.6 is 23.2 Å². The van der Waals surface area contributed by atoms with Crippen LogP contribution in [-0.4, -0.2) is 43.1 Å². The van der Waals surface area contributed by atoms with Crippen molar-refractivity contribution in [2.45, 2.75) is 47.0 Å². The van der Waals surface area contributed by atoms with Gasteiger partial charge < -0.3 is 14.9 Å². The van der Waals surface area contributed by atoms with Crippen LogP contribution in [0.25, 0.3) is 21.8 Å². The van der Waals surface area contributed by atoms with Crippen molar-refractivity contribution in [3.8, 4) is 11.5 Å². The number of hydrogen-bond donors (Lipinski definition) is 2. The van der Waals surface area contributed by atoms with Gasteiger partial charge in [0.05, 0.1) is 33.4 Å². The van der Waals surface area contributed by atoms with Crippen LogP contribution in [0.4, 0.5) is 8.78 Å². The predicted octanol–water partition coefficient (Wildman–Crippen LogP) is 9.24. The highest BCUT2D eigenvalue weighted by Gasteiger charge is 2.39. The molecule has 6 rings (SSSR count). The minimum atomic E-state index is -1.17. The Morgan fingerprint density at radius 1 is 0.755 bits per heavy atom. The van der Waals surface area contributed by atoms with Crippen LogP contribution in [0.3, 0.4) is 0 Å². The normalized spacial score (nSPS) is 12.3. The van der Waals surface area contributed by atoms with E-state index in [0.717, 1.165) is 12.1 Å². The Hall–Kier alpha value is -5.52. The molecule has 0 aliphatic rings. The van der Waals surface area contributed by atoms with Crippen LogP contribution in [0.5, 0.6) is 11.5 Å². The fourth-order valence-corrected chi connectivity index (χ4v) is 7.05. The number of benzene rings is 4. The Balaban J connectivity index is 1.45. The number of phenols is 1. The number of hydrogen-bond acceptors (Lipinski definition) is 6. The molecule has 1 atom stereocenters. The number of rotatable bonds is 7. The van der Waals surface area contributed by atoms with Gasteiger partial charge >= 0.3 is 11.9 Å². The first-order valence-electron chi connectivity index (χ1n) is 16.3. The molecule has 0 saturated carbocycles. The average molecular weight is 762 g/mol. The molecular formula is C40H32Cl2F2N2O7.